The normalized spacial score (nSPS) is 9.88. The van der Waals surface area contributed by atoms with E-state index in [1.54, 1.807) is 12.1 Å². The first-order chi connectivity index (χ1) is 15.2. The summed E-state index contributed by atoms with van der Waals surface area (Å²) in [6, 6.07) is 15.2. The van der Waals surface area contributed by atoms with E-state index in [2.05, 4.69) is 84.4 Å². The summed E-state index contributed by atoms with van der Waals surface area (Å²) in [6.07, 6.45) is 3.72. The summed E-state index contributed by atoms with van der Waals surface area (Å²) in [5.74, 6) is 0. The monoisotopic (exact) mass is 642 g/mol. The third kappa shape index (κ3) is 9.10. The maximum absolute atomic E-state index is 5.84. The SMILES string of the molecule is Cc1cnc(-c2cccc(Cl)n2)c(C)c1.Cc1cnc(I)c(C)c1.Clc1cccc(Br)n1. The lowest BCUT2D eigenvalue weighted by molar-refractivity contribution is 1.17. The van der Waals surface area contributed by atoms with Crippen molar-refractivity contribution in [1.82, 2.24) is 19.9 Å². The molecule has 0 bridgehead atoms. The van der Waals surface area contributed by atoms with Crippen LogP contribution < -0.4 is 0 Å². The van der Waals surface area contributed by atoms with Crippen molar-refractivity contribution < 1.29 is 0 Å². The van der Waals surface area contributed by atoms with Crippen LogP contribution in [0.4, 0.5) is 0 Å². The quantitative estimate of drug-likeness (QED) is 0.155. The highest BCUT2D eigenvalue weighted by atomic mass is 127. The van der Waals surface area contributed by atoms with Gasteiger partial charge in [0.15, 0.2) is 0 Å². The summed E-state index contributed by atoms with van der Waals surface area (Å²) < 4.78 is 1.86. The molecule has 0 fully saturated rings. The molecule has 0 aliphatic heterocycles. The van der Waals surface area contributed by atoms with E-state index in [4.69, 9.17) is 23.2 Å². The first-order valence-electron chi connectivity index (χ1n) is 9.58. The predicted molar refractivity (Wildman–Crippen MR) is 145 cm³/mol. The molecule has 0 spiro atoms. The maximum Gasteiger partial charge on any atom is 0.130 e. The van der Waals surface area contributed by atoms with Crippen LogP contribution in [0.3, 0.4) is 0 Å². The van der Waals surface area contributed by atoms with E-state index in [0.29, 0.717) is 10.3 Å². The number of nitrogens with zero attached hydrogens (tertiary/aromatic N) is 4. The van der Waals surface area contributed by atoms with Gasteiger partial charge in [-0.1, -0.05) is 47.5 Å². The Bertz CT molecular complexity index is 1170. The summed E-state index contributed by atoms with van der Waals surface area (Å²) in [6.45, 7) is 8.17. The van der Waals surface area contributed by atoms with Gasteiger partial charge in [-0.05, 0) is 113 Å². The fourth-order valence-electron chi connectivity index (χ4n) is 2.61. The molecule has 0 saturated heterocycles. The van der Waals surface area contributed by atoms with E-state index in [9.17, 15) is 0 Å². The van der Waals surface area contributed by atoms with Crippen molar-refractivity contribution >= 4 is 61.7 Å². The molecule has 4 nitrogen and oxygen atoms in total. The number of hydrogen-bond acceptors (Lipinski definition) is 4. The summed E-state index contributed by atoms with van der Waals surface area (Å²) in [7, 11) is 0. The highest BCUT2D eigenvalue weighted by Crippen LogP contribution is 2.20. The second-order valence-electron chi connectivity index (χ2n) is 6.93. The molecule has 0 aromatic carbocycles. The molecular formula is C24H22BrCl2IN4. The molecule has 0 saturated carbocycles. The Morgan fingerprint density at radius 1 is 0.750 bits per heavy atom. The average molecular weight is 644 g/mol. The van der Waals surface area contributed by atoms with Crippen molar-refractivity contribution in [2.24, 2.45) is 0 Å². The molecule has 0 atom stereocenters. The molecular weight excluding hydrogens is 622 g/mol. The lowest BCUT2D eigenvalue weighted by Gasteiger charge is -2.04. The molecule has 4 aromatic rings. The van der Waals surface area contributed by atoms with Gasteiger partial charge in [0.1, 0.15) is 18.6 Å². The Hall–Kier alpha value is -1.61. The Morgan fingerprint density at radius 3 is 1.78 bits per heavy atom. The van der Waals surface area contributed by atoms with E-state index >= 15 is 0 Å². The number of rotatable bonds is 1. The van der Waals surface area contributed by atoms with E-state index in [0.717, 1.165) is 30.8 Å². The molecule has 32 heavy (non-hydrogen) atoms. The minimum atomic E-state index is 0.495. The second kappa shape index (κ2) is 13.2. The first kappa shape index (κ1) is 26.6. The molecule has 8 heteroatoms. The lowest BCUT2D eigenvalue weighted by Crippen LogP contribution is -1.92. The van der Waals surface area contributed by atoms with Crippen molar-refractivity contribution in [3.8, 4) is 11.4 Å². The van der Waals surface area contributed by atoms with Crippen LogP contribution in [0.25, 0.3) is 11.4 Å². The molecule has 0 radical (unpaired) electrons. The van der Waals surface area contributed by atoms with Gasteiger partial charge in [0, 0.05) is 12.4 Å². The fourth-order valence-corrected chi connectivity index (χ4v) is 3.67. The van der Waals surface area contributed by atoms with Gasteiger partial charge < -0.3 is 0 Å². The Balaban J connectivity index is 0.000000183. The zero-order valence-corrected chi connectivity index (χ0v) is 23.3. The predicted octanol–water partition coefficient (Wildman–Crippen LogP) is 8.21. The van der Waals surface area contributed by atoms with E-state index < -0.39 is 0 Å². The second-order valence-corrected chi connectivity index (χ2v) is 9.54. The third-order valence-electron chi connectivity index (χ3n) is 4.00. The molecule has 0 N–H and O–H groups in total. The van der Waals surface area contributed by atoms with E-state index in [1.807, 2.05) is 50.5 Å². The minimum absolute atomic E-state index is 0.495. The molecule has 0 unspecified atom stereocenters. The molecule has 4 rings (SSSR count). The summed E-state index contributed by atoms with van der Waals surface area (Å²) >= 11 is 16.7. The van der Waals surface area contributed by atoms with Gasteiger partial charge in [-0.2, -0.15) is 0 Å². The molecule has 0 aliphatic carbocycles. The summed E-state index contributed by atoms with van der Waals surface area (Å²) in [5.41, 5.74) is 6.47. The van der Waals surface area contributed by atoms with Crippen LogP contribution in [0, 0.1) is 31.4 Å². The smallest absolute Gasteiger partial charge is 0.130 e. The number of aromatic nitrogens is 4. The van der Waals surface area contributed by atoms with E-state index in [1.165, 1.54) is 11.1 Å². The Kier molecular flexibility index (Phi) is 11.0. The lowest BCUT2D eigenvalue weighted by atomic mass is 10.1. The standard InChI is InChI=1S/C12H11ClN2.C7H8IN.C5H3BrClN/c1-8-6-9(2)12(14-7-8)10-4-3-5-11(13)15-10;1-5-3-6(2)7(8)9-4-5;6-4-2-1-3-5(7)8-4/h3-7H,1-2H3;3-4H,1-2H3;1-3H. The van der Waals surface area contributed by atoms with Gasteiger partial charge in [0.05, 0.1) is 11.4 Å². The van der Waals surface area contributed by atoms with Crippen molar-refractivity contribution in [3.05, 3.63) is 102 Å². The third-order valence-corrected chi connectivity index (χ3v) is 6.00. The van der Waals surface area contributed by atoms with Gasteiger partial charge in [-0.3, -0.25) is 4.98 Å². The fraction of sp³-hybridized carbons (Fsp3) is 0.167. The van der Waals surface area contributed by atoms with Crippen molar-refractivity contribution in [1.29, 1.82) is 0 Å². The number of aryl methyl sites for hydroxylation is 4. The molecule has 4 heterocycles. The van der Waals surface area contributed by atoms with Crippen molar-refractivity contribution in [2.75, 3.05) is 0 Å². The Morgan fingerprint density at radius 2 is 1.31 bits per heavy atom. The van der Waals surface area contributed by atoms with Gasteiger partial charge in [0.2, 0.25) is 0 Å². The Labute approximate surface area is 221 Å². The van der Waals surface area contributed by atoms with Gasteiger partial charge in [-0.15, -0.1) is 0 Å². The van der Waals surface area contributed by atoms with Crippen LogP contribution in [-0.4, -0.2) is 19.9 Å². The minimum Gasteiger partial charge on any atom is -0.254 e. The van der Waals surface area contributed by atoms with Crippen LogP contribution in [0.15, 0.2) is 65.5 Å². The molecule has 0 amide bonds. The number of hydrogen-bond donors (Lipinski definition) is 0. The highest BCUT2D eigenvalue weighted by molar-refractivity contribution is 14.1. The largest absolute Gasteiger partial charge is 0.254 e. The van der Waals surface area contributed by atoms with Crippen molar-refractivity contribution in [3.63, 3.8) is 0 Å². The summed E-state index contributed by atoms with van der Waals surface area (Å²) in [5, 5.41) is 1.01. The van der Waals surface area contributed by atoms with Gasteiger partial charge >= 0.3 is 0 Å². The van der Waals surface area contributed by atoms with E-state index in [-0.39, 0.29) is 0 Å². The first-order valence-corrected chi connectivity index (χ1v) is 12.2. The molecule has 166 valence electrons. The molecule has 0 aliphatic rings. The van der Waals surface area contributed by atoms with Crippen LogP contribution >= 0.6 is 61.7 Å². The summed E-state index contributed by atoms with van der Waals surface area (Å²) in [4.78, 5) is 16.6. The van der Waals surface area contributed by atoms with Crippen LogP contribution in [0.5, 0.6) is 0 Å². The zero-order valence-electron chi connectivity index (χ0n) is 18.1. The number of pyridine rings is 4. The van der Waals surface area contributed by atoms with Crippen molar-refractivity contribution in [2.45, 2.75) is 27.7 Å². The zero-order chi connectivity index (χ0) is 23.7. The van der Waals surface area contributed by atoms with Crippen LogP contribution in [0.1, 0.15) is 22.3 Å². The van der Waals surface area contributed by atoms with Gasteiger partial charge in [0.25, 0.3) is 0 Å². The molecule has 4 aromatic heterocycles. The topological polar surface area (TPSA) is 51.6 Å². The average Bonchev–Trinajstić information content (AvgIpc) is 2.72. The van der Waals surface area contributed by atoms with Crippen LogP contribution in [-0.2, 0) is 0 Å². The van der Waals surface area contributed by atoms with Crippen LogP contribution in [0.2, 0.25) is 10.3 Å². The highest BCUT2D eigenvalue weighted by Gasteiger charge is 2.05. The maximum atomic E-state index is 5.84. The number of halogens is 4. The van der Waals surface area contributed by atoms with Gasteiger partial charge in [-0.25, -0.2) is 15.0 Å².